The van der Waals surface area contributed by atoms with Crippen LogP contribution in [0.5, 0.6) is 0 Å². The molecule has 0 N–H and O–H groups in total. The van der Waals surface area contributed by atoms with E-state index >= 15 is 0 Å². The molecular formula is C12H15FO4S. The van der Waals surface area contributed by atoms with Gasteiger partial charge in [-0.05, 0) is 19.1 Å². The molecule has 1 aromatic carbocycles. The van der Waals surface area contributed by atoms with Gasteiger partial charge in [0.1, 0.15) is 10.7 Å². The van der Waals surface area contributed by atoms with Gasteiger partial charge in [0.15, 0.2) is 9.84 Å². The molecule has 0 aromatic heterocycles. The summed E-state index contributed by atoms with van der Waals surface area (Å²) in [7, 11) is -2.72. The summed E-state index contributed by atoms with van der Waals surface area (Å²) in [6.07, 6.45) is 0. The number of sulfone groups is 1. The Morgan fingerprint density at radius 1 is 1.28 bits per heavy atom. The third-order valence-corrected chi connectivity index (χ3v) is 5.24. The molecule has 2 atom stereocenters. The van der Waals surface area contributed by atoms with Gasteiger partial charge in [0.25, 0.3) is 0 Å². The van der Waals surface area contributed by atoms with Gasteiger partial charge in [0, 0.05) is 0 Å². The minimum atomic E-state index is -3.90. The molecule has 0 aliphatic heterocycles. The van der Waals surface area contributed by atoms with E-state index in [1.807, 2.05) is 0 Å². The Morgan fingerprint density at radius 2 is 1.83 bits per heavy atom. The fourth-order valence-corrected chi connectivity index (χ4v) is 3.18. The van der Waals surface area contributed by atoms with Gasteiger partial charge in [-0.2, -0.15) is 0 Å². The Labute approximate surface area is 106 Å². The van der Waals surface area contributed by atoms with E-state index in [-0.39, 0.29) is 0 Å². The molecule has 100 valence electrons. The van der Waals surface area contributed by atoms with Gasteiger partial charge in [-0.25, -0.2) is 12.8 Å². The average Bonchev–Trinajstić information content (AvgIpc) is 2.36. The van der Waals surface area contributed by atoms with Crippen molar-refractivity contribution in [1.29, 1.82) is 0 Å². The van der Waals surface area contributed by atoms with Crippen molar-refractivity contribution < 1.29 is 22.3 Å². The highest BCUT2D eigenvalue weighted by atomic mass is 32.2. The molecular weight excluding hydrogens is 259 g/mol. The number of ether oxygens (including phenoxy) is 1. The van der Waals surface area contributed by atoms with Crippen molar-refractivity contribution in [2.75, 3.05) is 7.11 Å². The summed E-state index contributed by atoms with van der Waals surface area (Å²) in [6.45, 7) is 2.80. The van der Waals surface area contributed by atoms with E-state index in [0.29, 0.717) is 0 Å². The number of halogens is 1. The van der Waals surface area contributed by atoms with Crippen LogP contribution in [0.25, 0.3) is 0 Å². The Morgan fingerprint density at radius 3 is 2.33 bits per heavy atom. The van der Waals surface area contributed by atoms with Crippen molar-refractivity contribution in [2.24, 2.45) is 5.92 Å². The largest absolute Gasteiger partial charge is 0.469 e. The summed E-state index contributed by atoms with van der Waals surface area (Å²) in [5.41, 5.74) is 0. The molecule has 0 spiro atoms. The van der Waals surface area contributed by atoms with Crippen molar-refractivity contribution in [1.82, 2.24) is 0 Å². The molecule has 0 amide bonds. The lowest BCUT2D eigenvalue weighted by Crippen LogP contribution is -2.32. The molecule has 0 heterocycles. The van der Waals surface area contributed by atoms with Crippen LogP contribution in [0.1, 0.15) is 13.8 Å². The van der Waals surface area contributed by atoms with Gasteiger partial charge in [-0.1, -0.05) is 19.1 Å². The number of carbonyl (C=O) groups excluding carboxylic acids is 1. The van der Waals surface area contributed by atoms with Crippen LogP contribution in [0, 0.1) is 11.7 Å². The number of esters is 1. The number of benzene rings is 1. The highest BCUT2D eigenvalue weighted by Crippen LogP contribution is 2.24. The standard InChI is InChI=1S/C12H15FO4S/c1-8(12(14)17-3)9(2)18(15,16)11-7-5-4-6-10(11)13/h4-9H,1-3H3. The van der Waals surface area contributed by atoms with Gasteiger partial charge in [0.05, 0.1) is 18.3 Å². The first kappa shape index (κ1) is 14.6. The van der Waals surface area contributed by atoms with Gasteiger partial charge in [-0.3, -0.25) is 4.79 Å². The second-order valence-electron chi connectivity index (χ2n) is 3.99. The first-order valence-electron chi connectivity index (χ1n) is 5.38. The van der Waals surface area contributed by atoms with Crippen LogP contribution < -0.4 is 0 Å². The molecule has 0 fully saturated rings. The van der Waals surface area contributed by atoms with Crippen LogP contribution >= 0.6 is 0 Å². The normalized spacial score (nSPS) is 14.9. The van der Waals surface area contributed by atoms with Crippen molar-refractivity contribution in [3.8, 4) is 0 Å². The minimum Gasteiger partial charge on any atom is -0.469 e. The molecule has 1 aromatic rings. The summed E-state index contributed by atoms with van der Waals surface area (Å²) >= 11 is 0. The summed E-state index contributed by atoms with van der Waals surface area (Å²) < 4.78 is 42.3. The molecule has 0 saturated carbocycles. The van der Waals surface area contributed by atoms with E-state index in [0.717, 1.165) is 6.07 Å². The molecule has 18 heavy (non-hydrogen) atoms. The fourth-order valence-electron chi connectivity index (χ4n) is 1.52. The molecule has 2 unspecified atom stereocenters. The number of methoxy groups -OCH3 is 1. The lowest BCUT2D eigenvalue weighted by Gasteiger charge is -2.18. The zero-order valence-electron chi connectivity index (χ0n) is 10.4. The Kier molecular flexibility index (Phi) is 4.45. The molecule has 4 nitrogen and oxygen atoms in total. The first-order chi connectivity index (χ1) is 8.32. The Balaban J connectivity index is 3.16. The molecule has 0 bridgehead atoms. The summed E-state index contributed by atoms with van der Waals surface area (Å²) in [4.78, 5) is 10.9. The van der Waals surface area contributed by atoms with Crippen LogP contribution in [-0.2, 0) is 19.4 Å². The van der Waals surface area contributed by atoms with Gasteiger partial charge in [0.2, 0.25) is 0 Å². The third-order valence-electron chi connectivity index (χ3n) is 2.91. The predicted octanol–water partition coefficient (Wildman–Crippen LogP) is 1.80. The fraction of sp³-hybridized carbons (Fsp3) is 0.417. The summed E-state index contributed by atoms with van der Waals surface area (Å²) in [6, 6.07) is 5.10. The van der Waals surface area contributed by atoms with Crippen LogP contribution in [0.2, 0.25) is 0 Å². The quantitative estimate of drug-likeness (QED) is 0.785. The zero-order chi connectivity index (χ0) is 13.9. The maximum atomic E-state index is 13.5. The summed E-state index contributed by atoms with van der Waals surface area (Å²) in [5.74, 6) is -2.32. The van der Waals surface area contributed by atoms with Crippen molar-refractivity contribution in [3.63, 3.8) is 0 Å². The van der Waals surface area contributed by atoms with Gasteiger partial charge >= 0.3 is 5.97 Å². The number of hydrogen-bond acceptors (Lipinski definition) is 4. The molecule has 0 radical (unpaired) electrons. The highest BCUT2D eigenvalue weighted by molar-refractivity contribution is 7.92. The molecule has 6 heteroatoms. The smallest absolute Gasteiger partial charge is 0.309 e. The van der Waals surface area contributed by atoms with Crippen molar-refractivity contribution in [3.05, 3.63) is 30.1 Å². The van der Waals surface area contributed by atoms with E-state index in [1.165, 1.54) is 39.2 Å². The number of carbonyl (C=O) groups is 1. The van der Waals surface area contributed by atoms with Crippen molar-refractivity contribution >= 4 is 15.8 Å². The van der Waals surface area contributed by atoms with Crippen LogP contribution in [-0.4, -0.2) is 26.7 Å². The second kappa shape index (κ2) is 5.48. The number of rotatable bonds is 4. The van der Waals surface area contributed by atoms with E-state index in [9.17, 15) is 17.6 Å². The third kappa shape index (κ3) is 2.69. The maximum Gasteiger partial charge on any atom is 0.309 e. The van der Waals surface area contributed by atoms with E-state index in [2.05, 4.69) is 4.74 Å². The molecule has 0 aliphatic carbocycles. The topological polar surface area (TPSA) is 60.4 Å². The zero-order valence-corrected chi connectivity index (χ0v) is 11.2. The summed E-state index contributed by atoms with van der Waals surface area (Å²) in [5, 5.41) is -1.05. The first-order valence-corrected chi connectivity index (χ1v) is 6.93. The van der Waals surface area contributed by atoms with Crippen LogP contribution in [0.3, 0.4) is 0 Å². The van der Waals surface area contributed by atoms with E-state index in [4.69, 9.17) is 0 Å². The SMILES string of the molecule is COC(=O)C(C)C(C)S(=O)(=O)c1ccccc1F. The second-order valence-corrected chi connectivity index (χ2v) is 6.27. The van der Waals surface area contributed by atoms with Gasteiger partial charge in [-0.15, -0.1) is 0 Å². The maximum absolute atomic E-state index is 13.5. The van der Waals surface area contributed by atoms with Crippen LogP contribution in [0.15, 0.2) is 29.2 Å². The van der Waals surface area contributed by atoms with Gasteiger partial charge < -0.3 is 4.74 Å². The van der Waals surface area contributed by atoms with Crippen molar-refractivity contribution in [2.45, 2.75) is 24.0 Å². The Bertz CT molecular complexity index is 539. The predicted molar refractivity (Wildman–Crippen MR) is 64.2 cm³/mol. The monoisotopic (exact) mass is 274 g/mol. The lowest BCUT2D eigenvalue weighted by molar-refractivity contribution is -0.144. The number of hydrogen-bond donors (Lipinski definition) is 0. The lowest BCUT2D eigenvalue weighted by atomic mass is 10.1. The average molecular weight is 274 g/mol. The minimum absolute atomic E-state index is 0.395. The molecule has 1 rings (SSSR count). The van der Waals surface area contributed by atoms with E-state index < -0.39 is 37.7 Å². The van der Waals surface area contributed by atoms with E-state index in [1.54, 1.807) is 0 Å². The molecule has 0 saturated heterocycles. The molecule has 0 aliphatic rings. The van der Waals surface area contributed by atoms with Crippen LogP contribution in [0.4, 0.5) is 4.39 Å². The Hall–Kier alpha value is -1.43. The highest BCUT2D eigenvalue weighted by Gasteiger charge is 2.34.